The van der Waals surface area contributed by atoms with Gasteiger partial charge in [-0.2, -0.15) is 0 Å². The summed E-state index contributed by atoms with van der Waals surface area (Å²) in [5.41, 5.74) is 6.01. The second-order valence-corrected chi connectivity index (χ2v) is 3.11. The number of nitrogens with zero attached hydrogens (tertiary/aromatic N) is 1. The molecule has 11 heavy (non-hydrogen) atoms. The van der Waals surface area contributed by atoms with Gasteiger partial charge < -0.3 is 5.73 Å². The normalized spacial score (nSPS) is 9.55. The molecule has 1 amide bonds. The maximum Gasteiger partial charge on any atom is 0.281 e. The van der Waals surface area contributed by atoms with Gasteiger partial charge >= 0.3 is 0 Å². The van der Waals surface area contributed by atoms with Crippen LogP contribution in [0.2, 0.25) is 0 Å². The van der Waals surface area contributed by atoms with Gasteiger partial charge in [0.25, 0.3) is 5.24 Å². The molecule has 1 aromatic rings. The van der Waals surface area contributed by atoms with E-state index in [1.165, 1.54) is 0 Å². The molecule has 4 heteroatoms. The van der Waals surface area contributed by atoms with E-state index in [0.29, 0.717) is 0 Å². The van der Waals surface area contributed by atoms with Crippen LogP contribution in [0.3, 0.4) is 0 Å². The standard InChI is InChI=1S/C7H8N2OS/c1-5-2-3-9-4-6(5)11-7(8)10/h2-4H,1H3,(H2,8,10). The van der Waals surface area contributed by atoms with Crippen LogP contribution in [-0.4, -0.2) is 10.2 Å². The molecule has 0 spiro atoms. The molecule has 0 fully saturated rings. The van der Waals surface area contributed by atoms with E-state index in [1.807, 2.05) is 13.0 Å². The number of amides is 1. The number of hydrogen-bond donors (Lipinski definition) is 1. The average Bonchev–Trinajstić information content (AvgIpc) is 1.93. The number of aryl methyl sites for hydroxylation is 1. The zero-order valence-electron chi connectivity index (χ0n) is 6.07. The Morgan fingerprint density at radius 2 is 2.45 bits per heavy atom. The van der Waals surface area contributed by atoms with Gasteiger partial charge in [-0.1, -0.05) is 0 Å². The summed E-state index contributed by atoms with van der Waals surface area (Å²) in [6.45, 7) is 1.91. The van der Waals surface area contributed by atoms with Gasteiger partial charge in [0.1, 0.15) is 0 Å². The van der Waals surface area contributed by atoms with Crippen molar-refractivity contribution in [3.63, 3.8) is 0 Å². The van der Waals surface area contributed by atoms with E-state index in [0.717, 1.165) is 22.2 Å². The summed E-state index contributed by atoms with van der Waals surface area (Å²) in [7, 11) is 0. The molecule has 0 atom stereocenters. The minimum absolute atomic E-state index is 0.402. The van der Waals surface area contributed by atoms with Crippen molar-refractivity contribution in [2.75, 3.05) is 0 Å². The average molecular weight is 168 g/mol. The first-order chi connectivity index (χ1) is 5.20. The van der Waals surface area contributed by atoms with Crippen molar-refractivity contribution in [1.29, 1.82) is 0 Å². The van der Waals surface area contributed by atoms with Gasteiger partial charge in [0.05, 0.1) is 0 Å². The summed E-state index contributed by atoms with van der Waals surface area (Å²) >= 11 is 1.00. The summed E-state index contributed by atoms with van der Waals surface area (Å²) in [5.74, 6) is 0. The molecule has 58 valence electrons. The largest absolute Gasteiger partial charge is 0.360 e. The molecule has 0 saturated heterocycles. The quantitative estimate of drug-likeness (QED) is 0.647. The Balaban J connectivity index is 2.86. The first-order valence-electron chi connectivity index (χ1n) is 3.08. The van der Waals surface area contributed by atoms with Crippen LogP contribution < -0.4 is 5.73 Å². The summed E-state index contributed by atoms with van der Waals surface area (Å²) in [6, 6.07) is 1.84. The van der Waals surface area contributed by atoms with Crippen molar-refractivity contribution >= 4 is 17.0 Å². The number of rotatable bonds is 1. The molecule has 1 heterocycles. The molecule has 0 saturated carbocycles. The maximum atomic E-state index is 10.5. The van der Waals surface area contributed by atoms with Gasteiger partial charge in [-0.15, -0.1) is 0 Å². The molecule has 0 bridgehead atoms. The molecule has 3 nitrogen and oxygen atoms in total. The second-order valence-electron chi connectivity index (χ2n) is 2.06. The Bertz CT molecular complexity index is 275. The Morgan fingerprint density at radius 1 is 1.73 bits per heavy atom. The number of aromatic nitrogens is 1. The zero-order valence-corrected chi connectivity index (χ0v) is 6.89. The lowest BCUT2D eigenvalue weighted by Gasteiger charge is -1.98. The molecule has 1 aromatic heterocycles. The Labute approximate surface area is 69.0 Å². The smallest absolute Gasteiger partial charge is 0.281 e. The van der Waals surface area contributed by atoms with E-state index in [4.69, 9.17) is 5.73 Å². The fourth-order valence-corrected chi connectivity index (χ4v) is 1.22. The van der Waals surface area contributed by atoms with E-state index in [9.17, 15) is 4.79 Å². The highest BCUT2D eigenvalue weighted by molar-refractivity contribution is 8.13. The minimum atomic E-state index is -0.402. The van der Waals surface area contributed by atoms with E-state index in [1.54, 1.807) is 12.4 Å². The van der Waals surface area contributed by atoms with Crippen molar-refractivity contribution in [1.82, 2.24) is 4.98 Å². The number of nitrogens with two attached hydrogens (primary N) is 1. The first kappa shape index (κ1) is 8.07. The fourth-order valence-electron chi connectivity index (χ4n) is 0.665. The van der Waals surface area contributed by atoms with Gasteiger partial charge in [0.2, 0.25) is 0 Å². The van der Waals surface area contributed by atoms with Crippen LogP contribution in [0.5, 0.6) is 0 Å². The molecule has 2 N–H and O–H groups in total. The number of hydrogen-bond acceptors (Lipinski definition) is 3. The Morgan fingerprint density at radius 3 is 3.00 bits per heavy atom. The third kappa shape index (κ3) is 2.23. The number of carbonyl (C=O) groups is 1. The molecular formula is C7H8N2OS. The highest BCUT2D eigenvalue weighted by atomic mass is 32.2. The number of pyridine rings is 1. The van der Waals surface area contributed by atoms with Crippen molar-refractivity contribution in [3.8, 4) is 0 Å². The predicted octanol–water partition coefficient (Wildman–Crippen LogP) is 1.56. The Hall–Kier alpha value is -1.03. The van der Waals surface area contributed by atoms with Crippen LogP contribution in [0.1, 0.15) is 5.56 Å². The van der Waals surface area contributed by atoms with E-state index >= 15 is 0 Å². The third-order valence-electron chi connectivity index (χ3n) is 1.20. The van der Waals surface area contributed by atoms with Gasteiger partial charge in [0.15, 0.2) is 0 Å². The molecule has 0 aliphatic carbocycles. The lowest BCUT2D eigenvalue weighted by Crippen LogP contribution is -2.02. The summed E-state index contributed by atoms with van der Waals surface area (Å²) in [4.78, 5) is 15.2. The van der Waals surface area contributed by atoms with Crippen molar-refractivity contribution in [3.05, 3.63) is 24.0 Å². The number of carbonyl (C=O) groups excluding carboxylic acids is 1. The minimum Gasteiger partial charge on any atom is -0.360 e. The van der Waals surface area contributed by atoms with Crippen LogP contribution in [-0.2, 0) is 0 Å². The van der Waals surface area contributed by atoms with Crippen molar-refractivity contribution < 1.29 is 4.79 Å². The lowest BCUT2D eigenvalue weighted by atomic mass is 10.3. The zero-order chi connectivity index (χ0) is 8.27. The van der Waals surface area contributed by atoms with Crippen LogP contribution in [0.4, 0.5) is 4.79 Å². The number of thioether (sulfide) groups is 1. The molecule has 1 rings (SSSR count). The molecule has 0 aliphatic heterocycles. The van der Waals surface area contributed by atoms with Crippen LogP contribution in [0.15, 0.2) is 23.4 Å². The van der Waals surface area contributed by atoms with E-state index < -0.39 is 5.24 Å². The molecule has 0 radical (unpaired) electrons. The number of primary amides is 1. The summed E-state index contributed by atoms with van der Waals surface area (Å²) < 4.78 is 0. The van der Waals surface area contributed by atoms with E-state index in [2.05, 4.69) is 4.98 Å². The summed E-state index contributed by atoms with van der Waals surface area (Å²) in [6.07, 6.45) is 3.31. The van der Waals surface area contributed by atoms with Gasteiger partial charge in [-0.05, 0) is 30.3 Å². The van der Waals surface area contributed by atoms with Gasteiger partial charge in [-0.25, -0.2) is 0 Å². The monoisotopic (exact) mass is 168 g/mol. The van der Waals surface area contributed by atoms with Crippen LogP contribution in [0.25, 0.3) is 0 Å². The maximum absolute atomic E-state index is 10.5. The fraction of sp³-hybridized carbons (Fsp3) is 0.143. The predicted molar refractivity (Wildman–Crippen MR) is 44.4 cm³/mol. The third-order valence-corrected chi connectivity index (χ3v) is 2.05. The van der Waals surface area contributed by atoms with Gasteiger partial charge in [0, 0.05) is 17.3 Å². The lowest BCUT2D eigenvalue weighted by molar-refractivity contribution is 0.267. The van der Waals surface area contributed by atoms with E-state index in [-0.39, 0.29) is 0 Å². The topological polar surface area (TPSA) is 56.0 Å². The summed E-state index contributed by atoms with van der Waals surface area (Å²) in [5, 5.41) is -0.402. The first-order valence-corrected chi connectivity index (χ1v) is 3.89. The SMILES string of the molecule is Cc1ccncc1SC(N)=O. The second kappa shape index (κ2) is 3.39. The van der Waals surface area contributed by atoms with Gasteiger partial charge in [-0.3, -0.25) is 9.78 Å². The highest BCUT2D eigenvalue weighted by Gasteiger charge is 2.01. The highest BCUT2D eigenvalue weighted by Crippen LogP contribution is 2.19. The molecular weight excluding hydrogens is 160 g/mol. The van der Waals surface area contributed by atoms with Crippen LogP contribution in [0, 0.1) is 6.92 Å². The van der Waals surface area contributed by atoms with Crippen molar-refractivity contribution in [2.45, 2.75) is 11.8 Å². The molecule has 0 unspecified atom stereocenters. The van der Waals surface area contributed by atoms with Crippen LogP contribution >= 0.6 is 11.8 Å². The van der Waals surface area contributed by atoms with Crippen molar-refractivity contribution in [2.24, 2.45) is 5.73 Å². The Kier molecular flexibility index (Phi) is 2.48. The molecule has 0 aromatic carbocycles. The molecule has 0 aliphatic rings.